The smallest absolute Gasteiger partial charge is 0.387 e. The topological polar surface area (TPSA) is 49.9 Å². The summed E-state index contributed by atoms with van der Waals surface area (Å²) in [6.07, 6.45) is 3.17. The molecule has 1 aliphatic carbocycles. The first-order chi connectivity index (χ1) is 15.3. The normalized spacial score (nSPS) is 18.4. The van der Waals surface area contributed by atoms with Gasteiger partial charge in [-0.3, -0.25) is 4.90 Å². The highest BCUT2D eigenvalue weighted by atomic mass is 32.2. The van der Waals surface area contributed by atoms with Crippen LogP contribution < -0.4 is 4.74 Å². The Morgan fingerprint density at radius 2 is 1.66 bits per heavy atom. The van der Waals surface area contributed by atoms with E-state index in [4.69, 9.17) is 0 Å². The number of rotatable bonds is 9. The van der Waals surface area contributed by atoms with Crippen LogP contribution in [0.15, 0.2) is 53.4 Å². The average molecular weight is 469 g/mol. The van der Waals surface area contributed by atoms with E-state index in [2.05, 4.69) is 9.64 Å². The van der Waals surface area contributed by atoms with Crippen molar-refractivity contribution in [3.8, 4) is 5.75 Å². The molecule has 1 saturated heterocycles. The maximum atomic E-state index is 14.3. The number of para-hydroxylation sites is 1. The van der Waals surface area contributed by atoms with Crippen LogP contribution in [-0.4, -0.2) is 49.9 Å². The molecule has 0 spiro atoms. The molecule has 0 atom stereocenters. The SMILES string of the molecule is O=S(=O)(c1ccccc1F)N(CC1CC1)C1CCN(Cc2ccccc2OC(F)F)CC1. The van der Waals surface area contributed by atoms with Crippen molar-refractivity contribution >= 4 is 10.0 Å². The molecule has 5 nitrogen and oxygen atoms in total. The monoisotopic (exact) mass is 468 g/mol. The lowest BCUT2D eigenvalue weighted by molar-refractivity contribution is -0.0508. The molecule has 9 heteroatoms. The second kappa shape index (κ2) is 9.80. The lowest BCUT2D eigenvalue weighted by Gasteiger charge is -2.38. The van der Waals surface area contributed by atoms with E-state index in [9.17, 15) is 21.6 Å². The molecule has 2 aromatic carbocycles. The number of sulfonamides is 1. The van der Waals surface area contributed by atoms with Crippen molar-refractivity contribution in [2.45, 2.75) is 49.8 Å². The number of nitrogens with zero attached hydrogens (tertiary/aromatic N) is 2. The van der Waals surface area contributed by atoms with Crippen molar-refractivity contribution < 1.29 is 26.3 Å². The van der Waals surface area contributed by atoms with Crippen LogP contribution in [0.25, 0.3) is 0 Å². The summed E-state index contributed by atoms with van der Waals surface area (Å²) in [5.41, 5.74) is 0.667. The molecule has 1 aliphatic heterocycles. The third-order valence-corrected chi connectivity index (χ3v) is 8.06. The molecule has 2 aliphatic rings. The van der Waals surface area contributed by atoms with Gasteiger partial charge in [-0.1, -0.05) is 30.3 Å². The zero-order valence-electron chi connectivity index (χ0n) is 17.7. The number of alkyl halides is 2. The van der Waals surface area contributed by atoms with E-state index in [1.54, 1.807) is 18.2 Å². The van der Waals surface area contributed by atoms with E-state index in [-0.39, 0.29) is 16.7 Å². The maximum Gasteiger partial charge on any atom is 0.387 e. The van der Waals surface area contributed by atoms with Gasteiger partial charge in [0.15, 0.2) is 0 Å². The molecule has 0 N–H and O–H groups in total. The van der Waals surface area contributed by atoms with Crippen LogP contribution >= 0.6 is 0 Å². The van der Waals surface area contributed by atoms with E-state index in [0.29, 0.717) is 50.5 Å². The van der Waals surface area contributed by atoms with Gasteiger partial charge in [-0.2, -0.15) is 13.1 Å². The summed E-state index contributed by atoms with van der Waals surface area (Å²) in [6.45, 7) is -0.810. The largest absolute Gasteiger partial charge is 0.434 e. The molecule has 2 aromatic rings. The van der Waals surface area contributed by atoms with Crippen LogP contribution in [0.4, 0.5) is 13.2 Å². The fraction of sp³-hybridized carbons (Fsp3) is 0.478. The van der Waals surface area contributed by atoms with Gasteiger partial charge < -0.3 is 4.74 Å². The molecule has 0 radical (unpaired) electrons. The Morgan fingerprint density at radius 1 is 1.00 bits per heavy atom. The van der Waals surface area contributed by atoms with Crippen LogP contribution in [0.1, 0.15) is 31.2 Å². The lowest BCUT2D eigenvalue weighted by Crippen LogP contribution is -2.48. The summed E-state index contributed by atoms with van der Waals surface area (Å²) in [5, 5.41) is 0. The number of likely N-dealkylation sites (tertiary alicyclic amines) is 1. The van der Waals surface area contributed by atoms with Gasteiger partial charge in [0, 0.05) is 37.8 Å². The van der Waals surface area contributed by atoms with Crippen molar-refractivity contribution in [2.75, 3.05) is 19.6 Å². The van der Waals surface area contributed by atoms with E-state index in [0.717, 1.165) is 12.8 Å². The average Bonchev–Trinajstić information content (AvgIpc) is 3.58. The third-order valence-electron chi connectivity index (χ3n) is 6.11. The Kier molecular flexibility index (Phi) is 7.07. The lowest BCUT2D eigenvalue weighted by atomic mass is 10.0. The molecule has 1 saturated carbocycles. The zero-order valence-corrected chi connectivity index (χ0v) is 18.5. The standard InChI is InChI=1S/C23H27F3N2O3S/c24-20-6-2-4-8-22(20)32(29,30)28(15-17-9-10-17)19-11-13-27(14-12-19)16-18-5-1-3-7-21(18)31-23(25)26/h1-8,17,19,23H,9-16H2. The molecule has 2 fully saturated rings. The van der Waals surface area contributed by atoms with Gasteiger partial charge in [0.25, 0.3) is 0 Å². The van der Waals surface area contributed by atoms with Crippen LogP contribution in [0, 0.1) is 11.7 Å². The highest BCUT2D eigenvalue weighted by Crippen LogP contribution is 2.35. The molecule has 0 amide bonds. The maximum absolute atomic E-state index is 14.3. The Balaban J connectivity index is 1.45. The fourth-order valence-electron chi connectivity index (χ4n) is 4.23. The van der Waals surface area contributed by atoms with Crippen LogP contribution in [-0.2, 0) is 16.6 Å². The first kappa shape index (κ1) is 23.1. The van der Waals surface area contributed by atoms with Crippen molar-refractivity contribution in [3.05, 3.63) is 59.9 Å². The van der Waals surface area contributed by atoms with Gasteiger partial charge in [-0.25, -0.2) is 12.8 Å². The Morgan fingerprint density at radius 3 is 2.31 bits per heavy atom. The molecule has 32 heavy (non-hydrogen) atoms. The predicted octanol–water partition coefficient (Wildman–Crippen LogP) is 4.49. The Hall–Kier alpha value is -2.10. The van der Waals surface area contributed by atoms with E-state index < -0.39 is 22.5 Å². The van der Waals surface area contributed by atoms with Crippen LogP contribution in [0.5, 0.6) is 5.75 Å². The highest BCUT2D eigenvalue weighted by Gasteiger charge is 2.38. The molecule has 1 heterocycles. The molecular formula is C23H27F3N2O3S. The highest BCUT2D eigenvalue weighted by molar-refractivity contribution is 7.89. The Labute approximate surface area is 186 Å². The van der Waals surface area contributed by atoms with Gasteiger partial charge in [0.1, 0.15) is 16.5 Å². The Bertz CT molecular complexity index is 1020. The first-order valence-electron chi connectivity index (χ1n) is 10.9. The molecular weight excluding hydrogens is 441 g/mol. The number of piperidine rings is 1. The third kappa shape index (κ3) is 5.44. The van der Waals surface area contributed by atoms with Crippen molar-refractivity contribution in [2.24, 2.45) is 5.92 Å². The van der Waals surface area contributed by atoms with Gasteiger partial charge in [0.05, 0.1) is 0 Å². The minimum Gasteiger partial charge on any atom is -0.434 e. The van der Waals surface area contributed by atoms with Gasteiger partial charge in [-0.05, 0) is 49.8 Å². The summed E-state index contributed by atoms with van der Waals surface area (Å²) < 4.78 is 72.4. The summed E-state index contributed by atoms with van der Waals surface area (Å²) in [4.78, 5) is 1.83. The molecule has 0 unspecified atom stereocenters. The number of ether oxygens (including phenoxy) is 1. The minimum atomic E-state index is -3.95. The summed E-state index contributed by atoms with van der Waals surface area (Å²) in [5.74, 6) is -0.253. The molecule has 4 rings (SSSR count). The number of hydrogen-bond donors (Lipinski definition) is 0. The quantitative estimate of drug-likeness (QED) is 0.544. The number of hydrogen-bond acceptors (Lipinski definition) is 4. The van der Waals surface area contributed by atoms with E-state index in [1.165, 1.54) is 34.6 Å². The second-order valence-corrected chi connectivity index (χ2v) is 10.3. The van der Waals surface area contributed by atoms with Crippen molar-refractivity contribution in [1.82, 2.24) is 9.21 Å². The van der Waals surface area contributed by atoms with Crippen LogP contribution in [0.2, 0.25) is 0 Å². The summed E-state index contributed by atoms with van der Waals surface area (Å²) in [6, 6.07) is 12.0. The molecule has 174 valence electrons. The van der Waals surface area contributed by atoms with Crippen LogP contribution in [0.3, 0.4) is 0 Å². The van der Waals surface area contributed by atoms with Crippen molar-refractivity contribution in [1.29, 1.82) is 0 Å². The number of benzene rings is 2. The van der Waals surface area contributed by atoms with Crippen molar-refractivity contribution in [3.63, 3.8) is 0 Å². The fourth-order valence-corrected chi connectivity index (χ4v) is 6.06. The summed E-state index contributed by atoms with van der Waals surface area (Å²) in [7, 11) is -3.95. The molecule has 0 aromatic heterocycles. The number of halogens is 3. The second-order valence-electron chi connectivity index (χ2n) is 8.44. The van der Waals surface area contributed by atoms with E-state index >= 15 is 0 Å². The van der Waals surface area contributed by atoms with E-state index in [1.807, 2.05) is 0 Å². The van der Waals surface area contributed by atoms with Gasteiger partial charge >= 0.3 is 6.61 Å². The predicted molar refractivity (Wildman–Crippen MR) is 114 cm³/mol. The summed E-state index contributed by atoms with van der Waals surface area (Å²) >= 11 is 0. The minimum absolute atomic E-state index is 0.155. The molecule has 0 bridgehead atoms. The van der Waals surface area contributed by atoms with Gasteiger partial charge in [0.2, 0.25) is 10.0 Å². The van der Waals surface area contributed by atoms with Gasteiger partial charge in [-0.15, -0.1) is 0 Å². The zero-order chi connectivity index (χ0) is 22.7. The first-order valence-corrected chi connectivity index (χ1v) is 12.3.